The molecule has 3 amide bonds. The minimum atomic E-state index is -1.40. The van der Waals surface area contributed by atoms with Crippen LogP contribution < -0.4 is 16.4 Å². The SMILES string of the molecule is NC(=O)C(O)CNC(=O)Nc1ccc(Cl)cc1. The Morgan fingerprint density at radius 2 is 1.94 bits per heavy atom. The zero-order valence-corrected chi connectivity index (χ0v) is 9.57. The molecule has 1 aromatic rings. The summed E-state index contributed by atoms with van der Waals surface area (Å²) in [6.07, 6.45) is -1.40. The van der Waals surface area contributed by atoms with Gasteiger partial charge in [0, 0.05) is 10.7 Å². The molecule has 1 unspecified atom stereocenters. The number of halogens is 1. The smallest absolute Gasteiger partial charge is 0.319 e. The van der Waals surface area contributed by atoms with Crippen LogP contribution in [-0.2, 0) is 4.79 Å². The number of amides is 3. The van der Waals surface area contributed by atoms with E-state index in [0.717, 1.165) is 0 Å². The van der Waals surface area contributed by atoms with Gasteiger partial charge in [0.2, 0.25) is 5.91 Å². The highest BCUT2D eigenvalue weighted by molar-refractivity contribution is 6.30. The van der Waals surface area contributed by atoms with E-state index >= 15 is 0 Å². The van der Waals surface area contributed by atoms with Gasteiger partial charge in [-0.05, 0) is 24.3 Å². The summed E-state index contributed by atoms with van der Waals surface area (Å²) in [6, 6.07) is 5.93. The van der Waals surface area contributed by atoms with Gasteiger partial charge >= 0.3 is 6.03 Å². The molecular formula is C10H12ClN3O3. The number of nitrogens with one attached hydrogen (secondary N) is 2. The van der Waals surface area contributed by atoms with E-state index in [2.05, 4.69) is 10.6 Å². The molecule has 1 aromatic carbocycles. The average molecular weight is 258 g/mol. The molecule has 0 aliphatic heterocycles. The van der Waals surface area contributed by atoms with Crippen LogP contribution in [0.15, 0.2) is 24.3 Å². The second-order valence-corrected chi connectivity index (χ2v) is 3.70. The monoisotopic (exact) mass is 257 g/mol. The van der Waals surface area contributed by atoms with Crippen LogP contribution in [0.1, 0.15) is 0 Å². The van der Waals surface area contributed by atoms with Crippen molar-refractivity contribution in [3.05, 3.63) is 29.3 Å². The van der Waals surface area contributed by atoms with Crippen molar-refractivity contribution in [2.75, 3.05) is 11.9 Å². The van der Waals surface area contributed by atoms with Crippen LogP contribution >= 0.6 is 11.6 Å². The van der Waals surface area contributed by atoms with E-state index in [-0.39, 0.29) is 6.54 Å². The molecule has 17 heavy (non-hydrogen) atoms. The standard InChI is InChI=1S/C10H12ClN3O3/c11-6-1-3-7(4-2-6)14-10(17)13-5-8(15)9(12)16/h1-4,8,15H,5H2,(H2,12,16)(H2,13,14,17). The number of aliphatic hydroxyl groups is 1. The first-order chi connectivity index (χ1) is 7.99. The summed E-state index contributed by atoms with van der Waals surface area (Å²) in [5, 5.41) is 14.4. The Labute approximate surface area is 103 Å². The Morgan fingerprint density at radius 1 is 1.35 bits per heavy atom. The fraction of sp³-hybridized carbons (Fsp3) is 0.200. The summed E-state index contributed by atoms with van der Waals surface area (Å²) in [5.74, 6) is -0.892. The van der Waals surface area contributed by atoms with Gasteiger partial charge < -0.3 is 21.5 Å². The van der Waals surface area contributed by atoms with Crippen molar-refractivity contribution < 1.29 is 14.7 Å². The van der Waals surface area contributed by atoms with Crippen LogP contribution in [0, 0.1) is 0 Å². The molecule has 0 aromatic heterocycles. The number of hydrogen-bond donors (Lipinski definition) is 4. The first kappa shape index (κ1) is 13.3. The quantitative estimate of drug-likeness (QED) is 0.624. The Bertz CT molecular complexity index is 408. The molecule has 0 aliphatic rings. The molecule has 0 aliphatic carbocycles. The number of urea groups is 1. The number of carbonyl (C=O) groups excluding carboxylic acids is 2. The molecule has 1 rings (SSSR count). The lowest BCUT2D eigenvalue weighted by Gasteiger charge is -2.09. The number of rotatable bonds is 4. The number of aliphatic hydroxyl groups excluding tert-OH is 1. The summed E-state index contributed by atoms with van der Waals surface area (Å²) in [6.45, 7) is -0.241. The lowest BCUT2D eigenvalue weighted by molar-refractivity contribution is -0.125. The molecule has 0 spiro atoms. The summed E-state index contributed by atoms with van der Waals surface area (Å²) in [5.41, 5.74) is 5.36. The predicted octanol–water partition coefficient (Wildman–Crippen LogP) is 0.308. The van der Waals surface area contributed by atoms with Crippen molar-refractivity contribution in [2.24, 2.45) is 5.73 Å². The topological polar surface area (TPSA) is 104 Å². The summed E-state index contributed by atoms with van der Waals surface area (Å²) >= 11 is 5.67. The second kappa shape index (κ2) is 6.07. The third kappa shape index (κ3) is 4.71. The van der Waals surface area contributed by atoms with E-state index < -0.39 is 18.0 Å². The zero-order chi connectivity index (χ0) is 12.8. The number of benzene rings is 1. The molecule has 0 saturated carbocycles. The predicted molar refractivity (Wildman–Crippen MR) is 63.7 cm³/mol. The van der Waals surface area contributed by atoms with Crippen molar-refractivity contribution in [1.82, 2.24) is 5.32 Å². The van der Waals surface area contributed by atoms with Gasteiger partial charge in [-0.25, -0.2) is 4.79 Å². The van der Waals surface area contributed by atoms with Gasteiger partial charge in [-0.2, -0.15) is 0 Å². The average Bonchev–Trinajstić information content (AvgIpc) is 2.29. The van der Waals surface area contributed by atoms with E-state index in [1.165, 1.54) is 0 Å². The third-order valence-corrected chi connectivity index (χ3v) is 2.14. The number of anilines is 1. The van der Waals surface area contributed by atoms with Gasteiger partial charge in [0.05, 0.1) is 6.54 Å². The van der Waals surface area contributed by atoms with Gasteiger partial charge in [-0.15, -0.1) is 0 Å². The Kier molecular flexibility index (Phi) is 4.74. The summed E-state index contributed by atoms with van der Waals surface area (Å²) in [7, 11) is 0. The van der Waals surface area contributed by atoms with Crippen LogP contribution in [0.4, 0.5) is 10.5 Å². The van der Waals surface area contributed by atoms with Gasteiger partial charge in [0.25, 0.3) is 0 Å². The highest BCUT2D eigenvalue weighted by Gasteiger charge is 2.11. The molecule has 0 bridgehead atoms. The normalized spacial score (nSPS) is 11.6. The van der Waals surface area contributed by atoms with Gasteiger partial charge in [-0.1, -0.05) is 11.6 Å². The van der Waals surface area contributed by atoms with E-state index in [9.17, 15) is 9.59 Å². The lowest BCUT2D eigenvalue weighted by Crippen LogP contribution is -2.41. The van der Waals surface area contributed by atoms with Gasteiger partial charge in [0.1, 0.15) is 6.10 Å². The molecular weight excluding hydrogens is 246 g/mol. The Hall–Kier alpha value is -1.79. The highest BCUT2D eigenvalue weighted by Crippen LogP contribution is 2.12. The minimum absolute atomic E-state index is 0.241. The molecule has 0 saturated heterocycles. The Morgan fingerprint density at radius 3 is 2.47 bits per heavy atom. The number of carbonyl (C=O) groups is 2. The highest BCUT2D eigenvalue weighted by atomic mass is 35.5. The van der Waals surface area contributed by atoms with Gasteiger partial charge in [-0.3, -0.25) is 4.79 Å². The molecule has 0 radical (unpaired) electrons. The maximum atomic E-state index is 11.3. The van der Waals surface area contributed by atoms with Crippen LogP contribution in [-0.4, -0.2) is 29.7 Å². The van der Waals surface area contributed by atoms with E-state index in [4.69, 9.17) is 22.4 Å². The maximum absolute atomic E-state index is 11.3. The number of hydrogen-bond acceptors (Lipinski definition) is 3. The second-order valence-electron chi connectivity index (χ2n) is 3.26. The van der Waals surface area contributed by atoms with Crippen molar-refractivity contribution in [2.45, 2.75) is 6.10 Å². The largest absolute Gasteiger partial charge is 0.381 e. The molecule has 1 atom stereocenters. The van der Waals surface area contributed by atoms with Crippen molar-refractivity contribution in [1.29, 1.82) is 0 Å². The van der Waals surface area contributed by atoms with Crippen LogP contribution in [0.3, 0.4) is 0 Å². The number of nitrogens with two attached hydrogens (primary N) is 1. The molecule has 7 heteroatoms. The Balaban J connectivity index is 2.39. The van der Waals surface area contributed by atoms with Crippen LogP contribution in [0.25, 0.3) is 0 Å². The maximum Gasteiger partial charge on any atom is 0.319 e. The molecule has 92 valence electrons. The first-order valence-electron chi connectivity index (χ1n) is 4.77. The lowest BCUT2D eigenvalue weighted by atomic mass is 10.3. The van der Waals surface area contributed by atoms with E-state index in [1.54, 1.807) is 24.3 Å². The third-order valence-electron chi connectivity index (χ3n) is 1.89. The molecule has 0 fully saturated rings. The van der Waals surface area contributed by atoms with Crippen molar-refractivity contribution >= 4 is 29.2 Å². The fourth-order valence-electron chi connectivity index (χ4n) is 0.998. The molecule has 5 N–H and O–H groups in total. The van der Waals surface area contributed by atoms with Crippen LogP contribution in [0.2, 0.25) is 5.02 Å². The molecule has 0 heterocycles. The van der Waals surface area contributed by atoms with Gasteiger partial charge in [0.15, 0.2) is 0 Å². The molecule has 6 nitrogen and oxygen atoms in total. The minimum Gasteiger partial charge on any atom is -0.381 e. The van der Waals surface area contributed by atoms with Crippen molar-refractivity contribution in [3.8, 4) is 0 Å². The van der Waals surface area contributed by atoms with E-state index in [1.807, 2.05) is 0 Å². The first-order valence-corrected chi connectivity index (χ1v) is 5.14. The summed E-state index contributed by atoms with van der Waals surface area (Å²) < 4.78 is 0. The van der Waals surface area contributed by atoms with Crippen LogP contribution in [0.5, 0.6) is 0 Å². The summed E-state index contributed by atoms with van der Waals surface area (Å²) in [4.78, 5) is 21.8. The number of primary amides is 1. The van der Waals surface area contributed by atoms with Crippen molar-refractivity contribution in [3.63, 3.8) is 0 Å². The zero-order valence-electron chi connectivity index (χ0n) is 8.81. The fourth-order valence-corrected chi connectivity index (χ4v) is 1.12. The van der Waals surface area contributed by atoms with E-state index in [0.29, 0.717) is 10.7 Å².